The van der Waals surface area contributed by atoms with Gasteiger partial charge in [0, 0.05) is 30.6 Å². The predicted molar refractivity (Wildman–Crippen MR) is 142 cm³/mol. The molecule has 198 valence electrons. The smallest absolute Gasteiger partial charge is 0.242 e. The molecule has 0 aliphatic rings. The molecular weight excluding hydrogens is 481 g/mol. The number of halogens is 1. The number of nitrogens with zero attached hydrogens (tertiary/aromatic N) is 2. The molecule has 0 heterocycles. The van der Waals surface area contributed by atoms with E-state index in [-0.39, 0.29) is 37.7 Å². The van der Waals surface area contributed by atoms with Crippen molar-refractivity contribution in [3.05, 3.63) is 65.5 Å². The van der Waals surface area contributed by atoms with Crippen LogP contribution < -0.4 is 9.62 Å². The second kappa shape index (κ2) is 12.3. The number of anilines is 1. The first-order valence-electron chi connectivity index (χ1n) is 12.1. The standard InChI is InChI=1S/C27H38FN3O4S/c1-7-21-14-16-23(17-15-21)31(36(6,34)35)18-10-13-25(32)30(19-22-11-8-9-12-24(22)28)20(2)26(33)29-27(3,4)5/h8-9,11-12,14-17,20H,7,10,13,18-19H2,1-6H3,(H,29,33)/t20-/m1/s1. The third kappa shape index (κ3) is 8.62. The second-order valence-corrected chi connectivity index (χ2v) is 11.9. The van der Waals surface area contributed by atoms with Gasteiger partial charge in [0.1, 0.15) is 11.9 Å². The van der Waals surface area contributed by atoms with Gasteiger partial charge in [0.15, 0.2) is 0 Å². The van der Waals surface area contributed by atoms with Gasteiger partial charge in [-0.05, 0) is 64.3 Å². The molecule has 7 nitrogen and oxygen atoms in total. The minimum Gasteiger partial charge on any atom is -0.350 e. The molecule has 0 aromatic heterocycles. The van der Waals surface area contributed by atoms with Crippen LogP contribution >= 0.6 is 0 Å². The fourth-order valence-corrected chi connectivity index (χ4v) is 4.73. The molecule has 2 aromatic rings. The minimum atomic E-state index is -3.57. The number of amides is 2. The number of benzene rings is 2. The molecule has 9 heteroatoms. The summed E-state index contributed by atoms with van der Waals surface area (Å²) in [5.74, 6) is -1.16. The highest BCUT2D eigenvalue weighted by molar-refractivity contribution is 7.92. The lowest BCUT2D eigenvalue weighted by Gasteiger charge is -2.32. The first-order chi connectivity index (χ1) is 16.7. The van der Waals surface area contributed by atoms with Gasteiger partial charge in [0.2, 0.25) is 21.8 Å². The molecule has 2 rings (SSSR count). The van der Waals surface area contributed by atoms with Crippen molar-refractivity contribution < 1.29 is 22.4 Å². The fourth-order valence-electron chi connectivity index (χ4n) is 3.77. The van der Waals surface area contributed by atoms with Gasteiger partial charge in [-0.2, -0.15) is 0 Å². The molecule has 0 bridgehead atoms. The largest absolute Gasteiger partial charge is 0.350 e. The molecule has 0 aliphatic heterocycles. The number of carbonyl (C=O) groups excluding carboxylic acids is 2. The molecule has 0 aliphatic carbocycles. The van der Waals surface area contributed by atoms with E-state index in [1.54, 1.807) is 37.3 Å². The lowest BCUT2D eigenvalue weighted by molar-refractivity contribution is -0.141. The second-order valence-electron chi connectivity index (χ2n) is 9.99. The number of rotatable bonds is 11. The number of aryl methyl sites for hydroxylation is 1. The van der Waals surface area contributed by atoms with Crippen LogP contribution in [0.1, 0.15) is 58.6 Å². The topological polar surface area (TPSA) is 86.8 Å². The molecule has 0 spiro atoms. The number of hydrogen-bond acceptors (Lipinski definition) is 4. The van der Waals surface area contributed by atoms with Crippen LogP contribution in [0.3, 0.4) is 0 Å². The van der Waals surface area contributed by atoms with Gasteiger partial charge in [-0.1, -0.05) is 37.3 Å². The van der Waals surface area contributed by atoms with E-state index in [9.17, 15) is 22.4 Å². The summed E-state index contributed by atoms with van der Waals surface area (Å²) in [6.45, 7) is 9.18. The molecule has 0 saturated heterocycles. The van der Waals surface area contributed by atoms with Crippen LogP contribution in [0, 0.1) is 5.82 Å². The molecule has 1 N–H and O–H groups in total. The Morgan fingerprint density at radius 1 is 1.06 bits per heavy atom. The number of sulfonamides is 1. The summed E-state index contributed by atoms with van der Waals surface area (Å²) in [6.07, 6.45) is 2.21. The molecule has 0 unspecified atom stereocenters. The third-order valence-electron chi connectivity index (χ3n) is 5.75. The van der Waals surface area contributed by atoms with Gasteiger partial charge in [0.05, 0.1) is 11.9 Å². The maximum atomic E-state index is 14.4. The molecule has 0 fully saturated rings. The zero-order chi connectivity index (χ0) is 27.1. The van der Waals surface area contributed by atoms with Gasteiger partial charge in [0.25, 0.3) is 0 Å². The quantitative estimate of drug-likeness (QED) is 0.481. The molecule has 0 saturated carbocycles. The van der Waals surface area contributed by atoms with Crippen molar-refractivity contribution in [1.82, 2.24) is 10.2 Å². The van der Waals surface area contributed by atoms with Crippen molar-refractivity contribution in [1.29, 1.82) is 0 Å². The minimum absolute atomic E-state index is 0.000649. The molecule has 0 radical (unpaired) electrons. The molecule has 2 aromatic carbocycles. The normalized spacial score (nSPS) is 12.6. The van der Waals surface area contributed by atoms with E-state index < -0.39 is 27.4 Å². The Balaban J connectivity index is 2.19. The highest BCUT2D eigenvalue weighted by atomic mass is 32.2. The van der Waals surface area contributed by atoms with Gasteiger partial charge < -0.3 is 10.2 Å². The van der Waals surface area contributed by atoms with E-state index in [0.29, 0.717) is 11.3 Å². The summed E-state index contributed by atoms with van der Waals surface area (Å²) in [5, 5.41) is 2.87. The summed E-state index contributed by atoms with van der Waals surface area (Å²) < 4.78 is 40.5. The van der Waals surface area contributed by atoms with Crippen LogP contribution in [-0.4, -0.2) is 49.5 Å². The predicted octanol–water partition coefficient (Wildman–Crippen LogP) is 4.27. The Hall–Kier alpha value is -2.94. The summed E-state index contributed by atoms with van der Waals surface area (Å²) >= 11 is 0. The average molecular weight is 520 g/mol. The van der Waals surface area contributed by atoms with Crippen LogP contribution in [0.4, 0.5) is 10.1 Å². The number of nitrogens with one attached hydrogen (secondary N) is 1. The first kappa shape index (κ1) is 29.3. The Bertz CT molecular complexity index is 1140. The van der Waals surface area contributed by atoms with Crippen LogP contribution in [0.25, 0.3) is 0 Å². The molecule has 1 atom stereocenters. The number of carbonyl (C=O) groups is 2. The molecular formula is C27H38FN3O4S. The van der Waals surface area contributed by atoms with Crippen LogP contribution in [0.5, 0.6) is 0 Å². The Kier molecular flexibility index (Phi) is 10.0. The lowest BCUT2D eigenvalue weighted by Crippen LogP contribution is -2.52. The van der Waals surface area contributed by atoms with Gasteiger partial charge in [-0.25, -0.2) is 12.8 Å². The zero-order valence-electron chi connectivity index (χ0n) is 22.0. The number of hydrogen-bond donors (Lipinski definition) is 1. The van der Waals surface area contributed by atoms with Crippen molar-refractivity contribution in [3.63, 3.8) is 0 Å². The molecule has 36 heavy (non-hydrogen) atoms. The maximum absolute atomic E-state index is 14.4. The Morgan fingerprint density at radius 2 is 1.67 bits per heavy atom. The summed E-state index contributed by atoms with van der Waals surface area (Å²) in [5.41, 5.74) is 1.42. The van der Waals surface area contributed by atoms with Gasteiger partial charge in [-0.15, -0.1) is 0 Å². The van der Waals surface area contributed by atoms with E-state index in [4.69, 9.17) is 0 Å². The zero-order valence-corrected chi connectivity index (χ0v) is 22.9. The molecule has 2 amide bonds. The highest BCUT2D eigenvalue weighted by Crippen LogP contribution is 2.20. The van der Waals surface area contributed by atoms with Crippen LogP contribution in [-0.2, 0) is 32.6 Å². The highest BCUT2D eigenvalue weighted by Gasteiger charge is 2.29. The van der Waals surface area contributed by atoms with Crippen molar-refractivity contribution in [2.75, 3.05) is 17.1 Å². The van der Waals surface area contributed by atoms with E-state index in [2.05, 4.69) is 5.32 Å². The van der Waals surface area contributed by atoms with E-state index in [1.807, 2.05) is 39.8 Å². The van der Waals surface area contributed by atoms with Crippen molar-refractivity contribution in [3.8, 4) is 0 Å². The van der Waals surface area contributed by atoms with Crippen molar-refractivity contribution in [2.24, 2.45) is 0 Å². The van der Waals surface area contributed by atoms with Crippen LogP contribution in [0.15, 0.2) is 48.5 Å². The van der Waals surface area contributed by atoms with E-state index >= 15 is 0 Å². The van der Waals surface area contributed by atoms with Gasteiger partial charge >= 0.3 is 0 Å². The summed E-state index contributed by atoms with van der Waals surface area (Å²) in [6, 6.07) is 12.6. The van der Waals surface area contributed by atoms with Crippen molar-refractivity contribution >= 4 is 27.5 Å². The SMILES string of the molecule is CCc1ccc(N(CCCC(=O)N(Cc2ccccc2F)[C@H](C)C(=O)NC(C)(C)C)S(C)(=O)=O)cc1. The average Bonchev–Trinajstić information content (AvgIpc) is 2.79. The first-order valence-corrected chi connectivity index (χ1v) is 14.0. The van der Waals surface area contributed by atoms with Crippen molar-refractivity contribution in [2.45, 2.75) is 72.0 Å². The monoisotopic (exact) mass is 519 g/mol. The van der Waals surface area contributed by atoms with Crippen LogP contribution in [0.2, 0.25) is 0 Å². The van der Waals surface area contributed by atoms with E-state index in [0.717, 1.165) is 18.2 Å². The Labute approximate surface area is 214 Å². The lowest BCUT2D eigenvalue weighted by atomic mass is 10.1. The Morgan fingerprint density at radius 3 is 2.19 bits per heavy atom. The maximum Gasteiger partial charge on any atom is 0.242 e. The summed E-state index contributed by atoms with van der Waals surface area (Å²) in [7, 11) is -3.57. The van der Waals surface area contributed by atoms with E-state index in [1.165, 1.54) is 15.3 Å². The van der Waals surface area contributed by atoms with Gasteiger partial charge in [-0.3, -0.25) is 13.9 Å². The summed E-state index contributed by atoms with van der Waals surface area (Å²) in [4.78, 5) is 27.5. The third-order valence-corrected chi connectivity index (χ3v) is 6.94. The fraction of sp³-hybridized carbons (Fsp3) is 0.481.